The average Bonchev–Trinajstić information content (AvgIpc) is 2.16. The highest BCUT2D eigenvalue weighted by molar-refractivity contribution is 6.16. The molecule has 0 atom stereocenters. The van der Waals surface area contributed by atoms with E-state index in [4.69, 9.17) is 16.3 Å². The highest BCUT2D eigenvalue weighted by Crippen LogP contribution is 2.15. The van der Waals surface area contributed by atoms with Crippen LogP contribution < -0.4 is 4.74 Å². The first-order valence-corrected chi connectivity index (χ1v) is 4.32. The summed E-state index contributed by atoms with van der Waals surface area (Å²) >= 11 is 5.60. The van der Waals surface area contributed by atoms with Crippen LogP contribution in [0.2, 0.25) is 0 Å². The molecule has 0 unspecified atom stereocenters. The zero-order valence-electron chi connectivity index (χ0n) is 7.50. The van der Waals surface area contributed by atoms with Gasteiger partial charge in [0.2, 0.25) is 0 Å². The normalized spacial score (nSPS) is 9.77. The van der Waals surface area contributed by atoms with Crippen LogP contribution in [0.4, 0.5) is 0 Å². The third kappa shape index (κ3) is 2.42. The van der Waals surface area contributed by atoms with E-state index >= 15 is 0 Å². The van der Waals surface area contributed by atoms with E-state index in [-0.39, 0.29) is 11.7 Å². The average molecular weight is 200 g/mol. The Morgan fingerprint density at radius 1 is 1.62 bits per heavy atom. The fourth-order valence-electron chi connectivity index (χ4n) is 0.927. The van der Waals surface area contributed by atoms with E-state index in [0.717, 1.165) is 0 Å². The lowest BCUT2D eigenvalue weighted by Gasteiger charge is -2.03. The Hall–Kier alpha value is -1.09. The van der Waals surface area contributed by atoms with E-state index in [1.807, 2.05) is 0 Å². The monoisotopic (exact) mass is 199 g/mol. The number of aromatic nitrogens is 1. The number of pyridine rings is 1. The quantitative estimate of drug-likeness (QED) is 0.553. The van der Waals surface area contributed by atoms with Crippen molar-refractivity contribution in [2.24, 2.45) is 0 Å². The highest BCUT2D eigenvalue weighted by atomic mass is 35.5. The molecule has 70 valence electrons. The van der Waals surface area contributed by atoms with E-state index in [1.54, 1.807) is 12.1 Å². The van der Waals surface area contributed by atoms with Crippen LogP contribution in [0.5, 0.6) is 5.75 Å². The van der Waals surface area contributed by atoms with Crippen molar-refractivity contribution in [3.05, 3.63) is 23.5 Å². The van der Waals surface area contributed by atoms with Gasteiger partial charge in [0.05, 0.1) is 18.7 Å². The summed E-state index contributed by atoms with van der Waals surface area (Å²) in [7, 11) is 1.54. The van der Waals surface area contributed by atoms with Crippen molar-refractivity contribution in [2.75, 3.05) is 7.11 Å². The van der Waals surface area contributed by atoms with Crippen LogP contribution in [0, 0.1) is 0 Å². The number of ketones is 1. The van der Waals surface area contributed by atoms with Gasteiger partial charge in [-0.25, -0.2) is 4.98 Å². The lowest BCUT2D eigenvalue weighted by atomic mass is 10.2. The van der Waals surface area contributed by atoms with Crippen molar-refractivity contribution in [3.8, 4) is 5.75 Å². The number of Topliss-reactive ketones (excluding diaryl/α,β-unsaturated/α-hetero) is 1. The molecule has 13 heavy (non-hydrogen) atoms. The molecule has 0 saturated heterocycles. The van der Waals surface area contributed by atoms with Crippen LogP contribution in [0.25, 0.3) is 0 Å². The topological polar surface area (TPSA) is 39.2 Å². The van der Waals surface area contributed by atoms with Crippen LogP contribution >= 0.6 is 11.6 Å². The number of methoxy groups -OCH3 is 1. The molecule has 3 nitrogen and oxygen atoms in total. The van der Waals surface area contributed by atoms with Gasteiger partial charge in [0.1, 0.15) is 11.4 Å². The molecular formula is C9H10ClNO2. The van der Waals surface area contributed by atoms with Gasteiger partial charge in [0.25, 0.3) is 0 Å². The Labute approximate surface area is 81.7 Å². The molecule has 0 saturated carbocycles. The predicted octanol–water partition coefficient (Wildman–Crippen LogP) is 2.03. The number of rotatable bonds is 3. The summed E-state index contributed by atoms with van der Waals surface area (Å²) < 4.78 is 5.00. The highest BCUT2D eigenvalue weighted by Gasteiger charge is 2.05. The molecule has 0 fully saturated rings. The first kappa shape index (κ1) is 9.99. The SMILES string of the molecule is COc1cc(CCl)nc(C(C)=O)c1. The van der Waals surface area contributed by atoms with Gasteiger partial charge in [-0.2, -0.15) is 0 Å². The Morgan fingerprint density at radius 2 is 2.31 bits per heavy atom. The Bertz CT molecular complexity index is 303. The van der Waals surface area contributed by atoms with E-state index in [1.165, 1.54) is 14.0 Å². The van der Waals surface area contributed by atoms with Crippen LogP contribution in [0.15, 0.2) is 12.1 Å². The van der Waals surface area contributed by atoms with Gasteiger partial charge in [0, 0.05) is 19.1 Å². The molecule has 0 spiro atoms. The van der Waals surface area contributed by atoms with Crippen LogP contribution in [0.3, 0.4) is 0 Å². The minimum absolute atomic E-state index is 0.0923. The van der Waals surface area contributed by atoms with Crippen molar-refractivity contribution in [1.82, 2.24) is 4.98 Å². The molecule has 1 heterocycles. The van der Waals surface area contributed by atoms with E-state index in [0.29, 0.717) is 17.1 Å². The van der Waals surface area contributed by atoms with E-state index in [2.05, 4.69) is 4.98 Å². The fourth-order valence-corrected chi connectivity index (χ4v) is 1.06. The molecule has 0 aliphatic carbocycles. The number of carbonyl (C=O) groups is 1. The van der Waals surface area contributed by atoms with Gasteiger partial charge >= 0.3 is 0 Å². The van der Waals surface area contributed by atoms with Crippen LogP contribution in [-0.4, -0.2) is 17.9 Å². The molecule has 0 aliphatic heterocycles. The van der Waals surface area contributed by atoms with Crippen molar-refractivity contribution in [1.29, 1.82) is 0 Å². The van der Waals surface area contributed by atoms with E-state index in [9.17, 15) is 4.79 Å². The molecule has 1 aromatic heterocycles. The third-order valence-electron chi connectivity index (χ3n) is 1.59. The maximum atomic E-state index is 11.0. The first-order valence-electron chi connectivity index (χ1n) is 3.79. The van der Waals surface area contributed by atoms with Gasteiger partial charge in [-0.1, -0.05) is 0 Å². The maximum absolute atomic E-state index is 11.0. The van der Waals surface area contributed by atoms with Gasteiger partial charge in [0.15, 0.2) is 5.78 Å². The first-order chi connectivity index (χ1) is 6.17. The summed E-state index contributed by atoms with van der Waals surface area (Å²) in [6.07, 6.45) is 0. The molecule has 0 aromatic carbocycles. The maximum Gasteiger partial charge on any atom is 0.178 e. The molecule has 0 bridgehead atoms. The zero-order chi connectivity index (χ0) is 9.84. The summed E-state index contributed by atoms with van der Waals surface area (Å²) in [5.41, 5.74) is 1.03. The molecule has 0 aliphatic rings. The molecule has 0 amide bonds. The fraction of sp³-hybridized carbons (Fsp3) is 0.333. The van der Waals surface area contributed by atoms with Crippen molar-refractivity contribution >= 4 is 17.4 Å². The summed E-state index contributed by atoms with van der Waals surface area (Å²) in [4.78, 5) is 15.1. The van der Waals surface area contributed by atoms with Crippen molar-refractivity contribution in [3.63, 3.8) is 0 Å². The standard InChI is InChI=1S/C9H10ClNO2/c1-6(12)9-4-8(13-2)3-7(5-10)11-9/h3-4H,5H2,1-2H3. The number of hydrogen-bond donors (Lipinski definition) is 0. The lowest BCUT2D eigenvalue weighted by Crippen LogP contribution is -2.00. The van der Waals surface area contributed by atoms with Crippen molar-refractivity contribution < 1.29 is 9.53 Å². The molecule has 1 aromatic rings. The largest absolute Gasteiger partial charge is 0.497 e. The Morgan fingerprint density at radius 3 is 2.77 bits per heavy atom. The van der Waals surface area contributed by atoms with Gasteiger partial charge in [-0.3, -0.25) is 4.79 Å². The predicted molar refractivity (Wildman–Crippen MR) is 50.4 cm³/mol. The van der Waals surface area contributed by atoms with Crippen molar-refractivity contribution in [2.45, 2.75) is 12.8 Å². The number of carbonyl (C=O) groups excluding carboxylic acids is 1. The smallest absolute Gasteiger partial charge is 0.178 e. The van der Waals surface area contributed by atoms with Gasteiger partial charge < -0.3 is 4.74 Å². The van der Waals surface area contributed by atoms with Crippen LogP contribution in [0.1, 0.15) is 23.1 Å². The van der Waals surface area contributed by atoms with Gasteiger partial charge in [-0.05, 0) is 0 Å². The third-order valence-corrected chi connectivity index (χ3v) is 1.86. The number of halogens is 1. The van der Waals surface area contributed by atoms with Gasteiger partial charge in [-0.15, -0.1) is 11.6 Å². The number of hydrogen-bond acceptors (Lipinski definition) is 3. The number of nitrogens with zero attached hydrogens (tertiary/aromatic N) is 1. The Kier molecular flexibility index (Phi) is 3.25. The molecular weight excluding hydrogens is 190 g/mol. The second-order valence-corrected chi connectivity index (χ2v) is 2.84. The van der Waals surface area contributed by atoms with E-state index < -0.39 is 0 Å². The minimum atomic E-state index is -0.0923. The Balaban J connectivity index is 3.14. The number of alkyl halides is 1. The second kappa shape index (κ2) is 4.23. The molecule has 0 radical (unpaired) electrons. The molecule has 4 heteroatoms. The number of ether oxygens (including phenoxy) is 1. The van der Waals surface area contributed by atoms with Crippen LogP contribution in [-0.2, 0) is 5.88 Å². The lowest BCUT2D eigenvalue weighted by molar-refractivity contribution is 0.101. The summed E-state index contributed by atoms with van der Waals surface area (Å²) in [6, 6.07) is 3.30. The minimum Gasteiger partial charge on any atom is -0.497 e. The summed E-state index contributed by atoms with van der Waals surface area (Å²) in [6.45, 7) is 1.46. The zero-order valence-corrected chi connectivity index (χ0v) is 8.26. The molecule has 0 N–H and O–H groups in total. The second-order valence-electron chi connectivity index (χ2n) is 2.57. The molecule has 1 rings (SSSR count). The summed E-state index contributed by atoms with van der Waals surface area (Å²) in [5, 5.41) is 0. The summed E-state index contributed by atoms with van der Waals surface area (Å²) in [5.74, 6) is 0.790.